The molecule has 1 rings (SSSR count). The van der Waals surface area contributed by atoms with Gasteiger partial charge in [0.25, 0.3) is 0 Å². The molecule has 0 radical (unpaired) electrons. The largest absolute Gasteiger partial charge is 0.487 e. The van der Waals surface area contributed by atoms with Gasteiger partial charge in [-0.15, -0.1) is 0 Å². The molecule has 1 amide bonds. The number of ether oxygens (including phenoxy) is 2. The first-order chi connectivity index (χ1) is 11.4. The number of Topliss-reactive ketones (excluding diaryl/α,β-unsaturated/α-hetero) is 1. The molecule has 0 bridgehead atoms. The number of alkyl halides is 1. The molecule has 1 aromatic rings. The van der Waals surface area contributed by atoms with Gasteiger partial charge in [-0.3, -0.25) is 9.59 Å². The van der Waals surface area contributed by atoms with Crippen LogP contribution in [0.15, 0.2) is 18.2 Å². The van der Waals surface area contributed by atoms with Crippen LogP contribution in [-0.4, -0.2) is 29.2 Å². The number of amides is 1. The first-order valence-electron chi connectivity index (χ1n) is 8.25. The number of rotatable bonds is 10. The monoisotopic (exact) mass is 399 g/mol. The van der Waals surface area contributed by atoms with E-state index >= 15 is 0 Å². The lowest BCUT2D eigenvalue weighted by Gasteiger charge is -2.22. The Morgan fingerprint density at radius 3 is 2.33 bits per heavy atom. The van der Waals surface area contributed by atoms with E-state index in [2.05, 4.69) is 21.2 Å². The summed E-state index contributed by atoms with van der Waals surface area (Å²) in [7, 11) is 0. The highest BCUT2D eigenvalue weighted by molar-refractivity contribution is 9.09. The van der Waals surface area contributed by atoms with Crippen LogP contribution in [-0.2, 0) is 9.59 Å². The Morgan fingerprint density at radius 1 is 1.12 bits per heavy atom. The highest BCUT2D eigenvalue weighted by Gasteiger charge is 2.18. The fourth-order valence-electron chi connectivity index (χ4n) is 1.83. The Balaban J connectivity index is 3.05. The summed E-state index contributed by atoms with van der Waals surface area (Å²) in [6.07, 6.45) is 1.52. The molecule has 6 heteroatoms. The van der Waals surface area contributed by atoms with E-state index in [1.165, 1.54) is 0 Å². The van der Waals surface area contributed by atoms with Gasteiger partial charge >= 0.3 is 0 Å². The second-order valence-electron chi connectivity index (χ2n) is 5.70. The van der Waals surface area contributed by atoms with Crippen molar-refractivity contribution >= 4 is 33.3 Å². The number of halogens is 1. The molecule has 24 heavy (non-hydrogen) atoms. The van der Waals surface area contributed by atoms with Gasteiger partial charge in [0, 0.05) is 0 Å². The minimum atomic E-state index is -0.367. The van der Waals surface area contributed by atoms with Crippen molar-refractivity contribution in [2.24, 2.45) is 0 Å². The fourth-order valence-corrected chi connectivity index (χ4v) is 2.03. The molecule has 5 nitrogen and oxygen atoms in total. The maximum Gasteiger partial charge on any atom is 0.231 e. The number of carbonyl (C=O) groups is 2. The number of benzene rings is 1. The van der Waals surface area contributed by atoms with Crippen molar-refractivity contribution in [1.29, 1.82) is 0 Å². The molecule has 0 spiro atoms. The first-order valence-corrected chi connectivity index (χ1v) is 9.37. The lowest BCUT2D eigenvalue weighted by Crippen LogP contribution is -2.19. The summed E-state index contributed by atoms with van der Waals surface area (Å²) >= 11 is 3.06. The number of nitrogens with one attached hydrogen (secondary N) is 1. The third-order valence-corrected chi connectivity index (χ3v) is 4.18. The number of ketones is 1. The molecule has 0 aliphatic carbocycles. The normalized spacial score (nSPS) is 13.0. The third kappa shape index (κ3) is 6.51. The fraction of sp³-hybridized carbons (Fsp3) is 0.556. The van der Waals surface area contributed by atoms with E-state index in [9.17, 15) is 9.59 Å². The molecule has 0 heterocycles. The smallest absolute Gasteiger partial charge is 0.231 e. The maximum absolute atomic E-state index is 12.0. The molecule has 0 saturated carbocycles. The molecule has 0 saturated heterocycles. The second kappa shape index (κ2) is 10.3. The predicted octanol–water partition coefficient (Wildman–Crippen LogP) is 4.33. The van der Waals surface area contributed by atoms with Crippen molar-refractivity contribution in [3.05, 3.63) is 18.2 Å². The Bertz CT molecular complexity index is 562. The van der Waals surface area contributed by atoms with Crippen LogP contribution in [0.25, 0.3) is 0 Å². The van der Waals surface area contributed by atoms with Gasteiger partial charge in [-0.25, -0.2) is 0 Å². The number of carbonyl (C=O) groups excluding carboxylic acids is 2. The number of hydrogen-bond acceptors (Lipinski definition) is 4. The zero-order valence-electron chi connectivity index (χ0n) is 14.7. The van der Waals surface area contributed by atoms with Gasteiger partial charge in [-0.1, -0.05) is 35.8 Å². The van der Waals surface area contributed by atoms with Crippen molar-refractivity contribution in [3.63, 3.8) is 0 Å². The van der Waals surface area contributed by atoms with Crippen LogP contribution in [0.3, 0.4) is 0 Å². The van der Waals surface area contributed by atoms with Crippen molar-refractivity contribution in [3.8, 4) is 11.5 Å². The highest BCUT2D eigenvalue weighted by atomic mass is 79.9. The van der Waals surface area contributed by atoms with Crippen LogP contribution < -0.4 is 14.8 Å². The van der Waals surface area contributed by atoms with E-state index in [-0.39, 0.29) is 35.6 Å². The van der Waals surface area contributed by atoms with Gasteiger partial charge in [0.05, 0.1) is 29.6 Å². The third-order valence-electron chi connectivity index (χ3n) is 3.56. The summed E-state index contributed by atoms with van der Waals surface area (Å²) in [6, 6.07) is 5.37. The van der Waals surface area contributed by atoms with Crippen molar-refractivity contribution in [2.75, 3.05) is 10.6 Å². The Morgan fingerprint density at radius 2 is 1.75 bits per heavy atom. The van der Waals surface area contributed by atoms with Crippen molar-refractivity contribution in [1.82, 2.24) is 0 Å². The molecule has 1 aromatic carbocycles. The quantitative estimate of drug-likeness (QED) is 0.469. The molecular weight excluding hydrogens is 374 g/mol. The second-order valence-corrected chi connectivity index (χ2v) is 6.26. The lowest BCUT2D eigenvalue weighted by molar-refractivity contribution is -0.123. The van der Waals surface area contributed by atoms with Gasteiger partial charge in [-0.05, 0) is 38.8 Å². The van der Waals surface area contributed by atoms with E-state index < -0.39 is 0 Å². The van der Waals surface area contributed by atoms with Crippen LogP contribution in [0.2, 0.25) is 0 Å². The van der Waals surface area contributed by atoms with Gasteiger partial charge < -0.3 is 14.8 Å². The van der Waals surface area contributed by atoms with Crippen LogP contribution in [0.1, 0.15) is 47.0 Å². The van der Waals surface area contributed by atoms with Crippen molar-refractivity contribution < 1.29 is 19.1 Å². The maximum atomic E-state index is 12.0. The standard InChI is InChI=1S/C18H26BrNO4/c1-5-12(3)23-16-9-7-8-15(18(16)24-13(4)6-2)20-17(22)10-14(21)11-19/h7-9,12-13H,5-6,10-11H2,1-4H3,(H,20,22). The zero-order valence-corrected chi connectivity index (χ0v) is 16.3. The van der Waals surface area contributed by atoms with Gasteiger partial charge in [0.1, 0.15) is 0 Å². The van der Waals surface area contributed by atoms with E-state index in [1.54, 1.807) is 12.1 Å². The summed E-state index contributed by atoms with van der Waals surface area (Å²) in [5.74, 6) is 0.555. The number of para-hydroxylation sites is 1. The molecule has 0 fully saturated rings. The summed E-state index contributed by atoms with van der Waals surface area (Å²) in [6.45, 7) is 8.00. The number of anilines is 1. The molecule has 1 N–H and O–H groups in total. The minimum absolute atomic E-state index is 0.0218. The van der Waals surface area contributed by atoms with Gasteiger partial charge in [0.15, 0.2) is 17.3 Å². The SMILES string of the molecule is CCC(C)Oc1cccc(NC(=O)CC(=O)CBr)c1OC(C)CC. The van der Waals surface area contributed by atoms with E-state index in [4.69, 9.17) is 9.47 Å². The minimum Gasteiger partial charge on any atom is -0.487 e. The van der Waals surface area contributed by atoms with Crippen LogP contribution >= 0.6 is 15.9 Å². The van der Waals surface area contributed by atoms with E-state index in [0.29, 0.717) is 17.2 Å². The first kappa shape index (κ1) is 20.5. The van der Waals surface area contributed by atoms with Crippen molar-refractivity contribution in [2.45, 2.75) is 59.2 Å². The molecular formula is C18H26BrNO4. The Labute approximate surface area is 152 Å². The molecule has 2 unspecified atom stereocenters. The molecule has 0 aliphatic heterocycles. The van der Waals surface area contributed by atoms with E-state index in [0.717, 1.165) is 12.8 Å². The van der Waals surface area contributed by atoms with E-state index in [1.807, 2.05) is 33.8 Å². The topological polar surface area (TPSA) is 64.6 Å². The summed E-state index contributed by atoms with van der Waals surface area (Å²) in [5, 5.41) is 2.91. The predicted molar refractivity (Wildman–Crippen MR) is 99.3 cm³/mol. The Kier molecular flexibility index (Phi) is 8.82. The van der Waals surface area contributed by atoms with Crippen LogP contribution in [0.4, 0.5) is 5.69 Å². The van der Waals surface area contributed by atoms with Gasteiger partial charge in [-0.2, -0.15) is 0 Å². The number of hydrogen-bond donors (Lipinski definition) is 1. The highest BCUT2D eigenvalue weighted by Crippen LogP contribution is 2.37. The average molecular weight is 400 g/mol. The molecule has 2 atom stereocenters. The zero-order chi connectivity index (χ0) is 18.1. The van der Waals surface area contributed by atoms with Gasteiger partial charge in [0.2, 0.25) is 5.91 Å². The summed E-state index contributed by atoms with van der Waals surface area (Å²) < 4.78 is 11.9. The Hall–Kier alpha value is -1.56. The van der Waals surface area contributed by atoms with Crippen LogP contribution in [0.5, 0.6) is 11.5 Å². The molecule has 134 valence electrons. The molecule has 0 aliphatic rings. The average Bonchev–Trinajstić information content (AvgIpc) is 2.56. The molecule has 0 aromatic heterocycles. The summed E-state index contributed by atoms with van der Waals surface area (Å²) in [4.78, 5) is 23.4. The van der Waals surface area contributed by atoms with Crippen LogP contribution in [0, 0.1) is 0 Å². The summed E-state index contributed by atoms with van der Waals surface area (Å²) in [5.41, 5.74) is 0.517. The lowest BCUT2D eigenvalue weighted by atomic mass is 10.2.